The molecule has 0 unspecified atom stereocenters. The van der Waals surface area contributed by atoms with E-state index in [0.29, 0.717) is 18.4 Å². The van der Waals surface area contributed by atoms with Gasteiger partial charge in [-0.05, 0) is 65.9 Å². The van der Waals surface area contributed by atoms with Gasteiger partial charge < -0.3 is 25.8 Å². The first kappa shape index (κ1) is 31.6. The Kier molecular flexibility index (Phi) is 14.7. The van der Waals surface area contributed by atoms with Crippen molar-refractivity contribution in [1.29, 1.82) is 0 Å². The molecular weight excluding hydrogens is 506 g/mol. The average molecular weight is 544 g/mol. The maximum absolute atomic E-state index is 11.8. The number of carbonyl (C=O) groups is 2. The van der Waals surface area contributed by atoms with Crippen molar-refractivity contribution in [2.24, 2.45) is 0 Å². The summed E-state index contributed by atoms with van der Waals surface area (Å²) in [5.74, 6) is -0.305. The first-order valence-electron chi connectivity index (χ1n) is 13.0. The molecule has 4 aromatic carbocycles. The van der Waals surface area contributed by atoms with Crippen LogP contribution in [0.15, 0.2) is 109 Å². The van der Waals surface area contributed by atoms with Crippen LogP contribution in [-0.4, -0.2) is 40.3 Å². The number of carboxylic acid groups (broad SMARTS) is 1. The Morgan fingerprint density at radius 1 is 0.600 bits per heavy atom. The fraction of sp³-hybridized carbons (Fsp3) is 0.212. The molecule has 0 bridgehead atoms. The number of carboxylic acids is 1. The second-order valence-corrected chi connectivity index (χ2v) is 9.01. The van der Waals surface area contributed by atoms with E-state index >= 15 is 0 Å². The zero-order chi connectivity index (χ0) is 29.0. The third kappa shape index (κ3) is 15.0. The maximum atomic E-state index is 11.8. The standard InChI is InChI=1S/C15H14O2.C8H8O3.C6H7N.C4H8O/c16-14-8-6-13(7-9-14)11-15(17)10-12-4-2-1-3-5-12;9-7-3-1-6(2-4-7)5-8(10)11;7-6-4-2-1-3-5-6;1-2-4-5-3-1/h1-9,16H,10-11H2;1-4,9H,5H2,(H,10,11);1-5H,7H2;1-4H2. The highest BCUT2D eigenvalue weighted by atomic mass is 16.5. The predicted molar refractivity (Wildman–Crippen MR) is 157 cm³/mol. The van der Waals surface area contributed by atoms with E-state index in [0.717, 1.165) is 30.0 Å². The van der Waals surface area contributed by atoms with Crippen molar-refractivity contribution in [2.45, 2.75) is 32.1 Å². The Hall–Kier alpha value is -4.62. The number of hydrogen-bond acceptors (Lipinski definition) is 6. The molecule has 0 radical (unpaired) electrons. The summed E-state index contributed by atoms with van der Waals surface area (Å²) in [5, 5.41) is 26.4. The Morgan fingerprint density at radius 2 is 1.00 bits per heavy atom. The number of aliphatic carboxylic acids is 1. The molecule has 5 rings (SSSR count). The van der Waals surface area contributed by atoms with Gasteiger partial charge in [0.25, 0.3) is 0 Å². The normalized spacial score (nSPS) is 11.4. The second-order valence-electron chi connectivity index (χ2n) is 9.01. The van der Waals surface area contributed by atoms with Crippen molar-refractivity contribution in [3.8, 4) is 11.5 Å². The van der Waals surface area contributed by atoms with Crippen LogP contribution in [0.3, 0.4) is 0 Å². The van der Waals surface area contributed by atoms with Crippen LogP contribution in [-0.2, 0) is 33.6 Å². The highest BCUT2D eigenvalue weighted by Crippen LogP contribution is 2.12. The van der Waals surface area contributed by atoms with Crippen molar-refractivity contribution in [1.82, 2.24) is 0 Å². The van der Waals surface area contributed by atoms with Crippen molar-refractivity contribution in [3.63, 3.8) is 0 Å². The number of hydrogen-bond donors (Lipinski definition) is 4. The number of nitrogen functional groups attached to an aromatic ring is 1. The summed E-state index contributed by atoms with van der Waals surface area (Å²) in [6.45, 7) is 2.00. The molecular formula is C33H37NO6. The maximum Gasteiger partial charge on any atom is 0.307 e. The number of anilines is 1. The van der Waals surface area contributed by atoms with Gasteiger partial charge in [0.2, 0.25) is 0 Å². The average Bonchev–Trinajstić information content (AvgIpc) is 3.54. The number of Topliss-reactive ketones (excluding diaryl/α,β-unsaturated/α-hetero) is 1. The van der Waals surface area contributed by atoms with Crippen LogP contribution in [0.4, 0.5) is 5.69 Å². The van der Waals surface area contributed by atoms with Crippen molar-refractivity contribution >= 4 is 17.4 Å². The van der Waals surface area contributed by atoms with Gasteiger partial charge in [0.15, 0.2) is 0 Å². The summed E-state index contributed by atoms with van der Waals surface area (Å²) in [6.07, 6.45) is 3.43. The molecule has 1 fully saturated rings. The fourth-order valence-corrected chi connectivity index (χ4v) is 3.48. The Morgan fingerprint density at radius 3 is 1.35 bits per heavy atom. The monoisotopic (exact) mass is 543 g/mol. The van der Waals surface area contributed by atoms with Crippen molar-refractivity contribution in [2.75, 3.05) is 18.9 Å². The van der Waals surface area contributed by atoms with Gasteiger partial charge in [-0.15, -0.1) is 0 Å². The quantitative estimate of drug-likeness (QED) is 0.225. The number of benzene rings is 4. The molecule has 4 aromatic rings. The van der Waals surface area contributed by atoms with Gasteiger partial charge in [0.05, 0.1) is 6.42 Å². The lowest BCUT2D eigenvalue weighted by Gasteiger charge is -2.02. The van der Waals surface area contributed by atoms with E-state index in [2.05, 4.69) is 0 Å². The largest absolute Gasteiger partial charge is 0.508 e. The van der Waals surface area contributed by atoms with Gasteiger partial charge >= 0.3 is 5.97 Å². The fourth-order valence-electron chi connectivity index (χ4n) is 3.48. The number of ketones is 1. The van der Waals surface area contributed by atoms with Gasteiger partial charge in [0, 0.05) is 31.7 Å². The number of phenols is 2. The minimum atomic E-state index is -0.865. The minimum Gasteiger partial charge on any atom is -0.508 e. The molecule has 0 aliphatic carbocycles. The Bertz CT molecular complexity index is 1230. The summed E-state index contributed by atoms with van der Waals surface area (Å²) in [7, 11) is 0. The van der Waals surface area contributed by atoms with Crippen LogP contribution in [0.2, 0.25) is 0 Å². The van der Waals surface area contributed by atoms with Crippen LogP contribution in [0, 0.1) is 0 Å². The van der Waals surface area contributed by atoms with Crippen LogP contribution in [0.1, 0.15) is 29.5 Å². The van der Waals surface area contributed by atoms with E-state index in [9.17, 15) is 9.59 Å². The number of carbonyl (C=O) groups excluding carboxylic acids is 1. The third-order valence-electron chi connectivity index (χ3n) is 5.50. The van der Waals surface area contributed by atoms with Gasteiger partial charge in [-0.25, -0.2) is 0 Å². The molecule has 0 spiro atoms. The molecule has 210 valence electrons. The molecule has 0 atom stereocenters. The molecule has 1 heterocycles. The molecule has 1 aliphatic heterocycles. The molecule has 0 aromatic heterocycles. The van der Waals surface area contributed by atoms with E-state index in [4.69, 9.17) is 25.8 Å². The Labute approximate surface area is 235 Å². The van der Waals surface area contributed by atoms with Gasteiger partial charge in [-0.3, -0.25) is 9.59 Å². The van der Waals surface area contributed by atoms with E-state index in [1.807, 2.05) is 60.7 Å². The lowest BCUT2D eigenvalue weighted by Crippen LogP contribution is -2.06. The zero-order valence-electron chi connectivity index (χ0n) is 22.5. The molecule has 1 aliphatic rings. The topological polar surface area (TPSA) is 130 Å². The van der Waals surface area contributed by atoms with Crippen LogP contribution in [0.25, 0.3) is 0 Å². The lowest BCUT2D eigenvalue weighted by molar-refractivity contribution is -0.136. The van der Waals surface area contributed by atoms with Gasteiger partial charge in [0.1, 0.15) is 17.3 Å². The SMILES string of the molecule is C1CCOC1.Nc1ccccc1.O=C(Cc1ccccc1)Cc1ccc(O)cc1.O=C(O)Cc1ccc(O)cc1. The number of aromatic hydroxyl groups is 2. The summed E-state index contributed by atoms with van der Waals surface area (Å²) < 4.78 is 4.94. The highest BCUT2D eigenvalue weighted by molar-refractivity contribution is 5.83. The first-order chi connectivity index (χ1) is 19.3. The number of para-hydroxylation sites is 1. The summed E-state index contributed by atoms with van der Waals surface area (Å²) in [4.78, 5) is 22.0. The Balaban J connectivity index is 0.000000207. The molecule has 5 N–H and O–H groups in total. The molecule has 7 heteroatoms. The van der Waals surface area contributed by atoms with Crippen molar-refractivity contribution in [3.05, 3.63) is 126 Å². The number of nitrogens with two attached hydrogens (primary N) is 1. The molecule has 40 heavy (non-hydrogen) atoms. The van der Waals surface area contributed by atoms with Gasteiger partial charge in [-0.2, -0.15) is 0 Å². The number of ether oxygens (including phenoxy) is 1. The van der Waals surface area contributed by atoms with E-state index in [1.165, 1.54) is 25.0 Å². The zero-order valence-corrected chi connectivity index (χ0v) is 22.5. The third-order valence-corrected chi connectivity index (χ3v) is 5.50. The van der Waals surface area contributed by atoms with Crippen molar-refractivity contribution < 1.29 is 29.6 Å². The minimum absolute atomic E-state index is 0.000278. The highest BCUT2D eigenvalue weighted by Gasteiger charge is 2.05. The van der Waals surface area contributed by atoms with E-state index in [1.54, 1.807) is 36.4 Å². The lowest BCUT2D eigenvalue weighted by atomic mass is 10.0. The summed E-state index contributed by atoms with van der Waals surface area (Å²) in [5.41, 5.74) is 8.84. The van der Waals surface area contributed by atoms with Crippen LogP contribution >= 0.6 is 0 Å². The molecule has 1 saturated heterocycles. The first-order valence-corrected chi connectivity index (χ1v) is 13.0. The smallest absolute Gasteiger partial charge is 0.307 e. The predicted octanol–water partition coefficient (Wildman–Crippen LogP) is 5.83. The summed E-state index contributed by atoms with van der Waals surface area (Å²) in [6, 6.07) is 32.1. The summed E-state index contributed by atoms with van der Waals surface area (Å²) >= 11 is 0. The van der Waals surface area contributed by atoms with E-state index < -0.39 is 5.97 Å². The number of rotatable bonds is 6. The molecule has 7 nitrogen and oxygen atoms in total. The second kappa shape index (κ2) is 18.6. The van der Waals surface area contributed by atoms with Gasteiger partial charge in [-0.1, -0.05) is 72.8 Å². The number of phenolic OH excluding ortho intramolecular Hbond substituents is 2. The molecule has 0 amide bonds. The van der Waals surface area contributed by atoms with E-state index in [-0.39, 0.29) is 23.7 Å². The molecule has 0 saturated carbocycles. The van der Waals surface area contributed by atoms with Crippen LogP contribution < -0.4 is 5.73 Å². The van der Waals surface area contributed by atoms with Crippen LogP contribution in [0.5, 0.6) is 11.5 Å².